The summed E-state index contributed by atoms with van der Waals surface area (Å²) in [6, 6.07) is 12.2. The van der Waals surface area contributed by atoms with Gasteiger partial charge >= 0.3 is 11.9 Å². The number of hydrogen-bond donors (Lipinski definition) is 0. The Labute approximate surface area is 134 Å². The maximum absolute atomic E-state index is 12.1. The first kappa shape index (κ1) is 16.5. The molecule has 5 nitrogen and oxygen atoms in total. The number of esters is 2. The highest BCUT2D eigenvalue weighted by Gasteiger charge is 2.18. The Hall–Kier alpha value is -2.82. The van der Waals surface area contributed by atoms with Crippen molar-refractivity contribution in [2.75, 3.05) is 14.2 Å². The molecule has 2 aromatic carbocycles. The molecule has 0 amide bonds. The van der Waals surface area contributed by atoms with Gasteiger partial charge in [-0.15, -0.1) is 0 Å². The van der Waals surface area contributed by atoms with Gasteiger partial charge in [-0.2, -0.15) is 0 Å². The van der Waals surface area contributed by atoms with Crippen molar-refractivity contribution in [2.24, 2.45) is 0 Å². The van der Waals surface area contributed by atoms with Crippen molar-refractivity contribution < 1.29 is 23.8 Å². The number of benzene rings is 2. The molecule has 0 bridgehead atoms. The fourth-order valence-electron chi connectivity index (χ4n) is 2.12. The molecule has 0 saturated carbocycles. The van der Waals surface area contributed by atoms with Gasteiger partial charge in [-0.1, -0.05) is 24.3 Å². The van der Waals surface area contributed by atoms with Gasteiger partial charge in [0.1, 0.15) is 17.1 Å². The smallest absolute Gasteiger partial charge is 0.341 e. The minimum atomic E-state index is -0.541. The van der Waals surface area contributed by atoms with E-state index in [1.165, 1.54) is 7.11 Å². The van der Waals surface area contributed by atoms with Gasteiger partial charge in [0, 0.05) is 0 Å². The van der Waals surface area contributed by atoms with Crippen LogP contribution in [0.3, 0.4) is 0 Å². The number of carbonyl (C=O) groups is 2. The largest absolute Gasteiger partial charge is 0.497 e. The predicted molar refractivity (Wildman–Crippen MR) is 84.9 cm³/mol. The SMILES string of the molecule is COC(=O)c1cccc(C)c1OC(=O)Cc1ccc(OC)cc1. The molecule has 0 aliphatic rings. The lowest BCUT2D eigenvalue weighted by atomic mass is 10.1. The van der Waals surface area contributed by atoms with Crippen LogP contribution < -0.4 is 9.47 Å². The molecule has 0 unspecified atom stereocenters. The minimum absolute atomic E-state index is 0.0962. The Morgan fingerprint density at radius 2 is 1.70 bits per heavy atom. The van der Waals surface area contributed by atoms with Gasteiger partial charge in [0.15, 0.2) is 0 Å². The van der Waals surface area contributed by atoms with Crippen molar-refractivity contribution >= 4 is 11.9 Å². The molecule has 0 aromatic heterocycles. The Balaban J connectivity index is 2.15. The summed E-state index contributed by atoms with van der Waals surface area (Å²) in [6.45, 7) is 1.77. The molecule has 0 N–H and O–H groups in total. The van der Waals surface area contributed by atoms with E-state index >= 15 is 0 Å². The third-order valence-corrected chi connectivity index (χ3v) is 3.34. The van der Waals surface area contributed by atoms with Crippen molar-refractivity contribution in [3.63, 3.8) is 0 Å². The van der Waals surface area contributed by atoms with E-state index in [4.69, 9.17) is 14.2 Å². The van der Waals surface area contributed by atoms with E-state index in [-0.39, 0.29) is 17.7 Å². The topological polar surface area (TPSA) is 61.8 Å². The van der Waals surface area contributed by atoms with Crippen molar-refractivity contribution in [1.82, 2.24) is 0 Å². The molecule has 0 heterocycles. The van der Waals surface area contributed by atoms with Crippen LogP contribution in [0.1, 0.15) is 21.5 Å². The zero-order valence-corrected chi connectivity index (χ0v) is 13.3. The second-order valence-electron chi connectivity index (χ2n) is 4.94. The molecule has 0 saturated heterocycles. The van der Waals surface area contributed by atoms with Gasteiger partial charge in [0.05, 0.1) is 20.6 Å². The average Bonchev–Trinajstić information content (AvgIpc) is 2.56. The molecule has 120 valence electrons. The lowest BCUT2D eigenvalue weighted by molar-refractivity contribution is -0.133. The van der Waals surface area contributed by atoms with E-state index < -0.39 is 11.9 Å². The van der Waals surface area contributed by atoms with E-state index in [0.717, 1.165) is 5.56 Å². The van der Waals surface area contributed by atoms with Crippen LogP contribution in [0.5, 0.6) is 11.5 Å². The van der Waals surface area contributed by atoms with Crippen molar-refractivity contribution in [3.8, 4) is 11.5 Å². The molecule has 0 atom stereocenters. The summed E-state index contributed by atoms with van der Waals surface area (Å²) in [6.07, 6.45) is 0.0962. The molecule has 0 radical (unpaired) electrons. The lowest BCUT2D eigenvalue weighted by Gasteiger charge is -2.11. The van der Waals surface area contributed by atoms with Crippen LogP contribution in [0.4, 0.5) is 0 Å². The lowest BCUT2D eigenvalue weighted by Crippen LogP contribution is -2.15. The molecular formula is C18H18O5. The zero-order chi connectivity index (χ0) is 16.8. The summed E-state index contributed by atoms with van der Waals surface area (Å²) in [5.74, 6) is -0.0394. The third-order valence-electron chi connectivity index (χ3n) is 3.34. The normalized spacial score (nSPS) is 10.0. The summed E-state index contributed by atoms with van der Waals surface area (Å²) in [7, 11) is 2.86. The highest BCUT2D eigenvalue weighted by molar-refractivity contribution is 5.94. The molecule has 5 heteroatoms. The number of aryl methyl sites for hydroxylation is 1. The average molecular weight is 314 g/mol. The van der Waals surface area contributed by atoms with Gasteiger partial charge in [0.2, 0.25) is 0 Å². The molecule has 0 aliphatic heterocycles. The summed E-state index contributed by atoms with van der Waals surface area (Å²) in [4.78, 5) is 23.9. The molecule has 0 spiro atoms. The Morgan fingerprint density at radius 1 is 1.00 bits per heavy atom. The maximum atomic E-state index is 12.1. The number of hydrogen-bond acceptors (Lipinski definition) is 5. The zero-order valence-electron chi connectivity index (χ0n) is 13.3. The van der Waals surface area contributed by atoms with Gasteiger partial charge in [-0.25, -0.2) is 4.79 Å². The number of carbonyl (C=O) groups excluding carboxylic acids is 2. The van der Waals surface area contributed by atoms with Gasteiger partial charge in [-0.05, 0) is 36.2 Å². The van der Waals surface area contributed by atoms with Gasteiger partial charge in [0.25, 0.3) is 0 Å². The molecule has 0 fully saturated rings. The van der Waals surface area contributed by atoms with Crippen LogP contribution in [0.15, 0.2) is 42.5 Å². The summed E-state index contributed by atoms with van der Waals surface area (Å²) in [5.41, 5.74) is 1.72. The first-order valence-electron chi connectivity index (χ1n) is 7.06. The van der Waals surface area contributed by atoms with Crippen LogP contribution in [-0.4, -0.2) is 26.2 Å². The standard InChI is InChI=1S/C18H18O5/c1-12-5-4-6-15(18(20)22-3)17(12)23-16(19)11-13-7-9-14(21-2)10-8-13/h4-10H,11H2,1-3H3. The van der Waals surface area contributed by atoms with Gasteiger partial charge < -0.3 is 14.2 Å². The first-order chi connectivity index (χ1) is 11.0. The molecule has 2 rings (SSSR count). The van der Waals surface area contributed by atoms with Crippen LogP contribution in [0, 0.1) is 6.92 Å². The maximum Gasteiger partial charge on any atom is 0.341 e. The summed E-state index contributed by atoms with van der Waals surface area (Å²) >= 11 is 0. The van der Waals surface area contributed by atoms with Gasteiger partial charge in [-0.3, -0.25) is 4.79 Å². The Bertz CT molecular complexity index is 704. The second-order valence-corrected chi connectivity index (χ2v) is 4.94. The van der Waals surface area contributed by atoms with Crippen LogP contribution in [0.25, 0.3) is 0 Å². The van der Waals surface area contributed by atoms with E-state index in [0.29, 0.717) is 11.3 Å². The molecule has 0 aliphatic carbocycles. The highest BCUT2D eigenvalue weighted by atomic mass is 16.5. The van der Waals surface area contributed by atoms with Crippen LogP contribution in [-0.2, 0) is 16.0 Å². The molecule has 2 aromatic rings. The fraction of sp³-hybridized carbons (Fsp3) is 0.222. The summed E-state index contributed by atoms with van der Waals surface area (Å²) in [5, 5.41) is 0. The summed E-state index contributed by atoms with van der Waals surface area (Å²) < 4.78 is 15.2. The number of rotatable bonds is 5. The van der Waals surface area contributed by atoms with E-state index in [1.807, 2.05) is 0 Å². The number of methoxy groups -OCH3 is 2. The second kappa shape index (κ2) is 7.45. The van der Waals surface area contributed by atoms with E-state index in [1.54, 1.807) is 56.5 Å². The van der Waals surface area contributed by atoms with Crippen molar-refractivity contribution in [3.05, 3.63) is 59.2 Å². The third kappa shape index (κ3) is 4.10. The van der Waals surface area contributed by atoms with Crippen LogP contribution >= 0.6 is 0 Å². The first-order valence-corrected chi connectivity index (χ1v) is 7.06. The number of para-hydroxylation sites is 1. The monoisotopic (exact) mass is 314 g/mol. The Morgan fingerprint density at radius 3 is 2.30 bits per heavy atom. The predicted octanol–water partition coefficient (Wildman–Crippen LogP) is 2.94. The minimum Gasteiger partial charge on any atom is -0.497 e. The van der Waals surface area contributed by atoms with Crippen LogP contribution in [0.2, 0.25) is 0 Å². The Kier molecular flexibility index (Phi) is 5.36. The molecular weight excluding hydrogens is 296 g/mol. The van der Waals surface area contributed by atoms with Crippen molar-refractivity contribution in [2.45, 2.75) is 13.3 Å². The number of ether oxygens (including phenoxy) is 3. The van der Waals surface area contributed by atoms with Crippen molar-refractivity contribution in [1.29, 1.82) is 0 Å². The van der Waals surface area contributed by atoms with E-state index in [2.05, 4.69) is 0 Å². The van der Waals surface area contributed by atoms with E-state index in [9.17, 15) is 9.59 Å². The highest BCUT2D eigenvalue weighted by Crippen LogP contribution is 2.25. The fourth-order valence-corrected chi connectivity index (χ4v) is 2.12. The quantitative estimate of drug-likeness (QED) is 0.627. The molecule has 23 heavy (non-hydrogen) atoms.